The number of sulfonamides is 1. The molecule has 232 valence electrons. The Morgan fingerprint density at radius 1 is 0.907 bits per heavy atom. The Hall–Kier alpha value is -3.86. The summed E-state index contributed by atoms with van der Waals surface area (Å²) >= 11 is 0. The van der Waals surface area contributed by atoms with E-state index in [0.717, 1.165) is 45.5 Å². The fraction of sp³-hybridized carbons (Fsp3) is 0.375. The molecule has 0 aliphatic rings. The summed E-state index contributed by atoms with van der Waals surface area (Å²) in [5.41, 5.74) is 1.56. The van der Waals surface area contributed by atoms with Crippen LogP contribution in [-0.4, -0.2) is 50.0 Å². The van der Waals surface area contributed by atoms with Crippen molar-refractivity contribution in [1.29, 1.82) is 0 Å². The van der Waals surface area contributed by atoms with E-state index in [0.29, 0.717) is 0 Å². The van der Waals surface area contributed by atoms with Crippen LogP contribution in [0.4, 0.5) is 18.9 Å². The summed E-state index contributed by atoms with van der Waals surface area (Å²) in [5, 5.41) is 2.92. The molecule has 0 heterocycles. The van der Waals surface area contributed by atoms with Gasteiger partial charge in [0.1, 0.15) is 6.04 Å². The number of carbonyl (C=O) groups excluding carboxylic acids is 2. The zero-order chi connectivity index (χ0) is 31.8. The highest BCUT2D eigenvalue weighted by atomic mass is 32.2. The van der Waals surface area contributed by atoms with E-state index in [2.05, 4.69) is 5.32 Å². The van der Waals surface area contributed by atoms with Gasteiger partial charge >= 0.3 is 6.18 Å². The van der Waals surface area contributed by atoms with Crippen molar-refractivity contribution in [3.63, 3.8) is 0 Å². The van der Waals surface area contributed by atoms with Gasteiger partial charge in [0, 0.05) is 32.0 Å². The van der Waals surface area contributed by atoms with E-state index in [1.807, 2.05) is 75.4 Å². The molecule has 0 bridgehead atoms. The molecule has 0 radical (unpaired) electrons. The second-order valence-corrected chi connectivity index (χ2v) is 12.8. The molecule has 3 aromatic carbocycles. The van der Waals surface area contributed by atoms with E-state index < -0.39 is 27.8 Å². The second-order valence-electron chi connectivity index (χ2n) is 10.9. The third-order valence-corrected chi connectivity index (χ3v) is 7.95. The Labute approximate surface area is 251 Å². The maximum Gasteiger partial charge on any atom is 0.416 e. The first kappa shape index (κ1) is 33.6. The Bertz CT molecular complexity index is 1490. The number of alkyl halides is 3. The van der Waals surface area contributed by atoms with Crippen LogP contribution in [0.2, 0.25) is 0 Å². The lowest BCUT2D eigenvalue weighted by Gasteiger charge is -2.32. The number of benzene rings is 3. The number of rotatable bonds is 13. The predicted molar refractivity (Wildman–Crippen MR) is 162 cm³/mol. The van der Waals surface area contributed by atoms with Crippen LogP contribution in [0.25, 0.3) is 0 Å². The summed E-state index contributed by atoms with van der Waals surface area (Å²) in [7, 11) is -3.96. The minimum Gasteiger partial charge on any atom is -0.352 e. The van der Waals surface area contributed by atoms with Gasteiger partial charge in [0.25, 0.3) is 0 Å². The Morgan fingerprint density at radius 2 is 1.56 bits per heavy atom. The SMILES string of the molecule is Cc1cccc(CN(C(=O)CCCN(c2cccc(C(F)(F)F)c2)S(C)(=O)=O)[C@@H](Cc2ccccc2)C(=O)NC(C)C)c1. The van der Waals surface area contributed by atoms with Crippen LogP contribution in [0, 0.1) is 6.92 Å². The molecule has 0 aliphatic heterocycles. The highest BCUT2D eigenvalue weighted by molar-refractivity contribution is 7.92. The summed E-state index contributed by atoms with van der Waals surface area (Å²) in [6.45, 7) is 5.52. The van der Waals surface area contributed by atoms with Crippen LogP contribution in [-0.2, 0) is 38.8 Å². The number of hydrogen-bond acceptors (Lipinski definition) is 4. The van der Waals surface area contributed by atoms with Crippen LogP contribution in [0.15, 0.2) is 78.9 Å². The number of halogens is 3. The molecule has 0 spiro atoms. The Balaban J connectivity index is 1.90. The van der Waals surface area contributed by atoms with Gasteiger partial charge in [-0.15, -0.1) is 0 Å². The van der Waals surface area contributed by atoms with Gasteiger partial charge in [0.15, 0.2) is 0 Å². The topological polar surface area (TPSA) is 86.8 Å². The average molecular weight is 618 g/mol. The Kier molecular flexibility index (Phi) is 11.4. The molecule has 1 atom stereocenters. The summed E-state index contributed by atoms with van der Waals surface area (Å²) in [4.78, 5) is 28.8. The van der Waals surface area contributed by atoms with Crippen LogP contribution in [0.1, 0.15) is 48.9 Å². The molecule has 43 heavy (non-hydrogen) atoms. The molecule has 7 nitrogen and oxygen atoms in total. The molecule has 0 aliphatic carbocycles. The second kappa shape index (κ2) is 14.5. The molecule has 0 saturated heterocycles. The average Bonchev–Trinajstić information content (AvgIpc) is 2.92. The molecule has 11 heteroatoms. The predicted octanol–water partition coefficient (Wildman–Crippen LogP) is 5.72. The highest BCUT2D eigenvalue weighted by Gasteiger charge is 2.33. The first-order valence-corrected chi connectivity index (χ1v) is 15.8. The number of hydrogen-bond donors (Lipinski definition) is 1. The van der Waals surface area contributed by atoms with Crippen molar-refractivity contribution < 1.29 is 31.2 Å². The normalized spacial score (nSPS) is 12.6. The summed E-state index contributed by atoms with van der Waals surface area (Å²) in [5.74, 6) is -0.694. The quantitative estimate of drug-likeness (QED) is 0.266. The molecule has 0 aromatic heterocycles. The molecule has 0 saturated carbocycles. The van der Waals surface area contributed by atoms with Crippen LogP contribution in [0.3, 0.4) is 0 Å². The largest absolute Gasteiger partial charge is 0.416 e. The van der Waals surface area contributed by atoms with Gasteiger partial charge in [0.2, 0.25) is 21.8 Å². The van der Waals surface area contributed by atoms with E-state index in [9.17, 15) is 31.2 Å². The fourth-order valence-corrected chi connectivity index (χ4v) is 5.74. The molecule has 3 rings (SSSR count). The monoisotopic (exact) mass is 617 g/mol. The van der Waals surface area contributed by atoms with Crippen molar-refractivity contribution in [2.45, 2.75) is 64.8 Å². The maximum atomic E-state index is 13.8. The highest BCUT2D eigenvalue weighted by Crippen LogP contribution is 2.32. The van der Waals surface area contributed by atoms with E-state index in [1.54, 1.807) is 0 Å². The maximum absolute atomic E-state index is 13.8. The van der Waals surface area contributed by atoms with Crippen molar-refractivity contribution in [3.8, 4) is 0 Å². The third kappa shape index (κ3) is 10.1. The fourth-order valence-electron chi connectivity index (χ4n) is 4.78. The number of nitrogens with zero attached hydrogens (tertiary/aromatic N) is 2. The number of aryl methyl sites for hydroxylation is 1. The van der Waals surface area contributed by atoms with Gasteiger partial charge in [-0.2, -0.15) is 13.2 Å². The Morgan fingerprint density at radius 3 is 2.16 bits per heavy atom. The van der Waals surface area contributed by atoms with Crippen molar-refractivity contribution >= 4 is 27.5 Å². The number of anilines is 1. The van der Waals surface area contributed by atoms with Gasteiger partial charge in [0.05, 0.1) is 17.5 Å². The van der Waals surface area contributed by atoms with Crippen molar-refractivity contribution in [3.05, 3.63) is 101 Å². The van der Waals surface area contributed by atoms with Gasteiger partial charge < -0.3 is 10.2 Å². The lowest BCUT2D eigenvalue weighted by molar-refractivity contribution is -0.141. The molecule has 0 fully saturated rings. The zero-order valence-electron chi connectivity index (χ0n) is 24.8. The molecule has 1 N–H and O–H groups in total. The lowest BCUT2D eigenvalue weighted by Crippen LogP contribution is -2.51. The van der Waals surface area contributed by atoms with Gasteiger partial charge in [-0.3, -0.25) is 13.9 Å². The first-order valence-electron chi connectivity index (χ1n) is 14.0. The van der Waals surface area contributed by atoms with Gasteiger partial charge in [-0.05, 0) is 56.5 Å². The number of carbonyl (C=O) groups is 2. The number of nitrogens with one attached hydrogen (secondary N) is 1. The first-order chi connectivity index (χ1) is 20.1. The zero-order valence-corrected chi connectivity index (χ0v) is 25.6. The smallest absolute Gasteiger partial charge is 0.352 e. The number of amides is 2. The summed E-state index contributed by atoms with van der Waals surface area (Å²) in [6.07, 6.45) is -3.58. The summed E-state index contributed by atoms with van der Waals surface area (Å²) < 4.78 is 65.9. The molecule has 3 aromatic rings. The minimum absolute atomic E-state index is 0.0241. The van der Waals surface area contributed by atoms with Crippen molar-refractivity contribution in [1.82, 2.24) is 10.2 Å². The van der Waals surface area contributed by atoms with Crippen LogP contribution >= 0.6 is 0 Å². The van der Waals surface area contributed by atoms with E-state index >= 15 is 0 Å². The van der Waals surface area contributed by atoms with Gasteiger partial charge in [-0.1, -0.05) is 66.2 Å². The molecular weight excluding hydrogens is 579 g/mol. The lowest BCUT2D eigenvalue weighted by atomic mass is 10.0. The minimum atomic E-state index is -4.64. The molecular formula is C32H38F3N3O4S. The van der Waals surface area contributed by atoms with E-state index in [4.69, 9.17) is 0 Å². The van der Waals surface area contributed by atoms with Crippen LogP contribution in [0.5, 0.6) is 0 Å². The molecule has 0 unspecified atom stereocenters. The van der Waals surface area contributed by atoms with E-state index in [1.165, 1.54) is 11.0 Å². The van der Waals surface area contributed by atoms with E-state index in [-0.39, 0.29) is 55.9 Å². The van der Waals surface area contributed by atoms with Crippen molar-refractivity contribution in [2.75, 3.05) is 17.1 Å². The van der Waals surface area contributed by atoms with Crippen LogP contribution < -0.4 is 9.62 Å². The van der Waals surface area contributed by atoms with Gasteiger partial charge in [-0.25, -0.2) is 8.42 Å². The standard InChI is InChI=1S/C32H38F3N3O4S/c1-23(2)36-31(40)29(20-25-12-6-5-7-13-25)37(22-26-14-8-11-24(3)19-26)30(39)17-10-18-38(43(4,41)42)28-16-9-15-27(21-28)32(33,34)35/h5-9,11-16,19,21,23,29H,10,17-18,20,22H2,1-4H3,(H,36,40)/t29-/m0/s1. The van der Waals surface area contributed by atoms with Crippen molar-refractivity contribution in [2.24, 2.45) is 0 Å². The summed E-state index contributed by atoms with van der Waals surface area (Å²) in [6, 6.07) is 20.0. The molecule has 2 amide bonds. The third-order valence-electron chi connectivity index (χ3n) is 6.75.